The van der Waals surface area contributed by atoms with E-state index < -0.39 is 96.2 Å². The van der Waals surface area contributed by atoms with Crippen molar-refractivity contribution in [1.82, 2.24) is 42.1 Å². The lowest BCUT2D eigenvalue weighted by molar-refractivity contribution is -0.142. The Kier molecular flexibility index (Phi) is 32.3. The third-order valence-electron chi connectivity index (χ3n) is 12.3. The van der Waals surface area contributed by atoms with Crippen LogP contribution in [0.5, 0.6) is 0 Å². The van der Waals surface area contributed by atoms with E-state index in [9.17, 15) is 38.4 Å². The maximum atomic E-state index is 14.1. The molecule has 0 bridgehead atoms. The molecule has 70 heavy (non-hydrogen) atoms. The van der Waals surface area contributed by atoms with Gasteiger partial charge in [0.05, 0.1) is 6.42 Å². The van der Waals surface area contributed by atoms with Gasteiger partial charge < -0.3 is 65.5 Å². The van der Waals surface area contributed by atoms with Gasteiger partial charge in [-0.2, -0.15) is 0 Å². The Bertz CT molecular complexity index is 1650. The second-order valence-corrected chi connectivity index (χ2v) is 19.2. The SMILES string of the molecule is CCCCCCCCCCCCCCCC(=O)N[C@@H](CCCN=C(N)N)C(=O)N1CCC[C@H]1C(=O)N[C@H](C(=O)N[C@@H](C)C(=O)N[C@@H](CC(N)=O)C(=O)N[C@@H](C)C(=O)N[C@H](C)CCCNC(N)N)C(C)C. The fourth-order valence-corrected chi connectivity index (χ4v) is 8.19. The minimum absolute atomic E-state index is 0.0895. The summed E-state index contributed by atoms with van der Waals surface area (Å²) in [7, 11) is 0. The number of aliphatic imine (C=N–C) groups is 1. The van der Waals surface area contributed by atoms with Crippen molar-refractivity contribution in [1.29, 1.82) is 0 Å². The lowest BCUT2D eigenvalue weighted by atomic mass is 10.0. The van der Waals surface area contributed by atoms with Gasteiger partial charge in [0.25, 0.3) is 0 Å². The van der Waals surface area contributed by atoms with Crippen LogP contribution >= 0.6 is 0 Å². The van der Waals surface area contributed by atoms with E-state index in [4.69, 9.17) is 28.7 Å². The van der Waals surface area contributed by atoms with Crippen LogP contribution in [0.4, 0.5) is 0 Å². The highest BCUT2D eigenvalue weighted by Crippen LogP contribution is 2.21. The largest absolute Gasteiger partial charge is 0.370 e. The number of carbonyl (C=O) groups is 8. The molecule has 1 aliphatic rings. The zero-order chi connectivity index (χ0) is 52.6. The molecule has 0 spiro atoms. The molecule has 22 heteroatoms. The molecule has 1 rings (SSSR count). The Balaban J connectivity index is 2.87. The van der Waals surface area contributed by atoms with Gasteiger partial charge in [0.15, 0.2) is 5.96 Å². The van der Waals surface area contributed by atoms with Gasteiger partial charge >= 0.3 is 0 Å². The lowest BCUT2D eigenvalue weighted by Gasteiger charge is -2.31. The van der Waals surface area contributed by atoms with Gasteiger partial charge in [-0.3, -0.25) is 48.7 Å². The van der Waals surface area contributed by atoms with Crippen LogP contribution in [0, 0.1) is 5.92 Å². The molecule has 0 saturated carbocycles. The minimum atomic E-state index is -1.48. The molecule has 0 unspecified atom stereocenters. The van der Waals surface area contributed by atoms with E-state index in [2.05, 4.69) is 49.1 Å². The fourth-order valence-electron chi connectivity index (χ4n) is 8.19. The van der Waals surface area contributed by atoms with E-state index in [0.717, 1.165) is 19.3 Å². The number of nitrogens with zero attached hydrogens (tertiary/aromatic N) is 2. The molecule has 1 saturated heterocycles. The first kappa shape index (κ1) is 62.9. The van der Waals surface area contributed by atoms with Crippen LogP contribution in [0.25, 0.3) is 0 Å². The quantitative estimate of drug-likeness (QED) is 0.0175. The van der Waals surface area contributed by atoms with Gasteiger partial charge in [-0.15, -0.1) is 0 Å². The summed E-state index contributed by atoms with van der Waals surface area (Å²) in [4.78, 5) is 112. The number of carbonyl (C=O) groups excluding carboxylic acids is 8. The molecule has 8 amide bonds. The summed E-state index contributed by atoms with van der Waals surface area (Å²) in [6.07, 6.45) is 17.1. The van der Waals surface area contributed by atoms with Crippen LogP contribution in [0.2, 0.25) is 0 Å². The van der Waals surface area contributed by atoms with Crippen molar-refractivity contribution < 1.29 is 38.4 Å². The summed E-state index contributed by atoms with van der Waals surface area (Å²) in [6.45, 7) is 11.3. The van der Waals surface area contributed by atoms with E-state index in [1.54, 1.807) is 20.8 Å². The monoisotopic (exact) mass is 993 g/mol. The molecule has 17 N–H and O–H groups in total. The van der Waals surface area contributed by atoms with Gasteiger partial charge in [-0.05, 0) is 78.2 Å². The van der Waals surface area contributed by atoms with Crippen molar-refractivity contribution >= 4 is 53.2 Å². The maximum absolute atomic E-state index is 14.1. The number of unbranched alkanes of at least 4 members (excludes halogenated alkanes) is 12. The zero-order valence-corrected chi connectivity index (χ0v) is 43.2. The highest BCUT2D eigenvalue weighted by molar-refractivity contribution is 5.98. The van der Waals surface area contributed by atoms with Gasteiger partial charge in [0, 0.05) is 25.6 Å². The van der Waals surface area contributed by atoms with E-state index in [-0.39, 0.29) is 43.8 Å². The molecule has 1 heterocycles. The number of nitrogens with one attached hydrogen (secondary N) is 7. The molecule has 7 atom stereocenters. The van der Waals surface area contributed by atoms with Crippen LogP contribution in [0.3, 0.4) is 0 Å². The van der Waals surface area contributed by atoms with Crippen molar-refractivity contribution in [2.24, 2.45) is 39.6 Å². The Morgan fingerprint density at radius 2 is 1.17 bits per heavy atom. The Morgan fingerprint density at radius 3 is 1.71 bits per heavy atom. The summed E-state index contributed by atoms with van der Waals surface area (Å²) in [5.41, 5.74) is 27.3. The standard InChI is InChI=1S/C48H92N14O8/c1-7-8-9-10-11-12-13-14-15-16-17-18-19-26-39(64)59-35(24-21-28-55-48(52)53)46(70)62-29-22-25-37(62)44(68)61-40(31(2)3)45(69)58-34(6)42(66)60-36(30-38(49)63)43(67)57-33(5)41(65)56-32(4)23-20-27-54-47(50)51/h31-37,40,47,54H,7-30,50-51H2,1-6H3,(H2,49,63)(H,56,65)(H,57,67)(H,58,69)(H,59,64)(H,60,66)(H,61,68)(H4,52,53,55)/t32-,33+,34+,35+,36+,37+,40+/m1/s1. The second-order valence-electron chi connectivity index (χ2n) is 19.2. The molecule has 0 radical (unpaired) electrons. The molecule has 1 aliphatic heterocycles. The van der Waals surface area contributed by atoms with Gasteiger partial charge in [0.1, 0.15) is 42.5 Å². The first-order valence-electron chi connectivity index (χ1n) is 25.9. The normalized spacial score (nSPS) is 16.0. The Labute approximate surface area is 416 Å². The average Bonchev–Trinajstić information content (AvgIpc) is 3.79. The van der Waals surface area contributed by atoms with Crippen molar-refractivity contribution in [3.8, 4) is 0 Å². The van der Waals surface area contributed by atoms with Gasteiger partial charge in [-0.25, -0.2) is 0 Å². The third kappa shape index (κ3) is 27.3. The van der Waals surface area contributed by atoms with Crippen molar-refractivity contribution in [2.45, 2.75) is 225 Å². The predicted molar refractivity (Wildman–Crippen MR) is 272 cm³/mol. The average molecular weight is 993 g/mol. The number of primary amides is 1. The smallest absolute Gasteiger partial charge is 0.245 e. The molecule has 402 valence electrons. The zero-order valence-electron chi connectivity index (χ0n) is 43.2. The molecule has 22 nitrogen and oxygen atoms in total. The number of rotatable bonds is 38. The van der Waals surface area contributed by atoms with Crippen molar-refractivity contribution in [3.05, 3.63) is 0 Å². The summed E-state index contributed by atoms with van der Waals surface area (Å²) in [5.74, 6) is -5.61. The summed E-state index contributed by atoms with van der Waals surface area (Å²) in [5, 5.41) is 18.8. The first-order chi connectivity index (χ1) is 33.2. The molecule has 0 aromatic rings. The predicted octanol–water partition coefficient (Wildman–Crippen LogP) is 0.583. The number of hydrogen-bond acceptors (Lipinski definition) is 12. The number of guanidine groups is 1. The molecular weight excluding hydrogens is 901 g/mol. The molecular formula is C48H92N14O8. The lowest BCUT2D eigenvalue weighted by Crippen LogP contribution is -2.60. The van der Waals surface area contributed by atoms with Crippen LogP contribution in [0.15, 0.2) is 4.99 Å². The molecule has 0 aromatic carbocycles. The highest BCUT2D eigenvalue weighted by Gasteiger charge is 2.39. The highest BCUT2D eigenvalue weighted by atomic mass is 16.2. The third-order valence-corrected chi connectivity index (χ3v) is 12.3. The fraction of sp³-hybridized carbons (Fsp3) is 0.812. The number of hydrogen-bond donors (Lipinski definition) is 12. The molecule has 0 aliphatic carbocycles. The van der Waals surface area contributed by atoms with E-state index in [1.165, 1.54) is 76.5 Å². The molecule has 0 aromatic heterocycles. The minimum Gasteiger partial charge on any atom is -0.370 e. The van der Waals surface area contributed by atoms with E-state index >= 15 is 0 Å². The van der Waals surface area contributed by atoms with Crippen molar-refractivity contribution in [3.63, 3.8) is 0 Å². The first-order valence-corrected chi connectivity index (χ1v) is 25.9. The summed E-state index contributed by atoms with van der Waals surface area (Å²) in [6, 6.07) is -7.03. The summed E-state index contributed by atoms with van der Waals surface area (Å²) >= 11 is 0. The van der Waals surface area contributed by atoms with E-state index in [1.807, 2.05) is 0 Å². The van der Waals surface area contributed by atoms with Crippen molar-refractivity contribution in [2.75, 3.05) is 19.6 Å². The summed E-state index contributed by atoms with van der Waals surface area (Å²) < 4.78 is 0. The number of amides is 8. The Hall–Kier alpha value is -5.09. The Morgan fingerprint density at radius 1 is 0.614 bits per heavy atom. The second kappa shape index (κ2) is 35.9. The topological polar surface area (TPSA) is 366 Å². The van der Waals surface area contributed by atoms with E-state index in [0.29, 0.717) is 45.1 Å². The number of likely N-dealkylation sites (tertiary alicyclic amines) is 1. The van der Waals surface area contributed by atoms with Crippen LogP contribution in [-0.4, -0.2) is 126 Å². The van der Waals surface area contributed by atoms with Crippen LogP contribution in [0.1, 0.15) is 176 Å². The number of nitrogens with two attached hydrogens (primary N) is 5. The maximum Gasteiger partial charge on any atom is 0.245 e. The van der Waals surface area contributed by atoms with Gasteiger partial charge in [0.2, 0.25) is 47.3 Å². The molecule has 1 fully saturated rings. The van der Waals surface area contributed by atoms with Crippen LogP contribution < -0.4 is 65.9 Å². The van der Waals surface area contributed by atoms with Gasteiger partial charge in [-0.1, -0.05) is 97.8 Å². The van der Waals surface area contributed by atoms with Crippen LogP contribution in [-0.2, 0) is 38.4 Å².